The highest BCUT2D eigenvalue weighted by Gasteiger charge is 2.16. The maximum absolute atomic E-state index is 11.1. The second-order valence-electron chi connectivity index (χ2n) is 4.91. The standard InChI is InChI=1S/C14H20N4O6S/c19-13(20)5-6-15-9-10(14(21)22)16-7-8-17-25-12-4-2-1-3-11(12)18(23)24/h1-4,10,15-17H,5-9H2,(H,19,20)(H,21,22). The van der Waals surface area contributed by atoms with Gasteiger partial charge in [0, 0.05) is 32.2 Å². The molecule has 10 nitrogen and oxygen atoms in total. The summed E-state index contributed by atoms with van der Waals surface area (Å²) in [5.41, 5.74) is -0.000924. The van der Waals surface area contributed by atoms with Crippen LogP contribution >= 0.6 is 11.9 Å². The summed E-state index contributed by atoms with van der Waals surface area (Å²) in [7, 11) is 0. The van der Waals surface area contributed by atoms with Gasteiger partial charge < -0.3 is 20.8 Å². The lowest BCUT2D eigenvalue weighted by atomic mass is 10.3. The fourth-order valence-corrected chi connectivity index (χ4v) is 2.56. The van der Waals surface area contributed by atoms with Gasteiger partial charge in [0.1, 0.15) is 10.9 Å². The van der Waals surface area contributed by atoms with Crippen molar-refractivity contribution < 1.29 is 24.7 Å². The van der Waals surface area contributed by atoms with Crippen LogP contribution in [0.25, 0.3) is 0 Å². The van der Waals surface area contributed by atoms with Crippen molar-refractivity contribution in [1.29, 1.82) is 0 Å². The Morgan fingerprint density at radius 3 is 2.56 bits per heavy atom. The van der Waals surface area contributed by atoms with Crippen LogP contribution in [-0.2, 0) is 9.59 Å². The van der Waals surface area contributed by atoms with Crippen molar-refractivity contribution in [1.82, 2.24) is 15.4 Å². The minimum atomic E-state index is -1.05. The van der Waals surface area contributed by atoms with Crippen LogP contribution in [0.4, 0.5) is 5.69 Å². The van der Waals surface area contributed by atoms with Crippen LogP contribution in [0.1, 0.15) is 6.42 Å². The molecular weight excluding hydrogens is 352 g/mol. The van der Waals surface area contributed by atoms with Crippen LogP contribution in [-0.4, -0.2) is 59.3 Å². The molecule has 0 aliphatic rings. The van der Waals surface area contributed by atoms with E-state index >= 15 is 0 Å². The Bertz CT molecular complexity index is 600. The quantitative estimate of drug-likeness (QED) is 0.141. The minimum Gasteiger partial charge on any atom is -0.481 e. The summed E-state index contributed by atoms with van der Waals surface area (Å²) >= 11 is 1.10. The number of nitrogens with zero attached hydrogens (tertiary/aromatic N) is 1. The van der Waals surface area contributed by atoms with E-state index in [9.17, 15) is 19.7 Å². The molecule has 0 heterocycles. The molecule has 0 aliphatic heterocycles. The Balaban J connectivity index is 2.29. The number of nitro benzene ring substituents is 1. The van der Waals surface area contributed by atoms with Crippen molar-refractivity contribution in [3.05, 3.63) is 34.4 Å². The number of benzene rings is 1. The molecule has 1 unspecified atom stereocenters. The van der Waals surface area contributed by atoms with Crippen molar-refractivity contribution in [2.24, 2.45) is 0 Å². The third-order valence-electron chi connectivity index (χ3n) is 3.02. The van der Waals surface area contributed by atoms with Gasteiger partial charge in [-0.3, -0.25) is 24.4 Å². The Labute approximate surface area is 148 Å². The number of hydrogen-bond donors (Lipinski definition) is 5. The van der Waals surface area contributed by atoms with Gasteiger partial charge in [0.15, 0.2) is 0 Å². The van der Waals surface area contributed by atoms with E-state index in [1.165, 1.54) is 6.07 Å². The van der Waals surface area contributed by atoms with Gasteiger partial charge in [-0.15, -0.1) is 0 Å². The van der Waals surface area contributed by atoms with Gasteiger partial charge in [-0.2, -0.15) is 0 Å². The van der Waals surface area contributed by atoms with Gasteiger partial charge in [-0.25, -0.2) is 0 Å². The van der Waals surface area contributed by atoms with Gasteiger partial charge in [0.05, 0.1) is 11.3 Å². The summed E-state index contributed by atoms with van der Waals surface area (Å²) in [5.74, 6) is -2.00. The molecule has 0 amide bonds. The molecule has 0 bridgehead atoms. The van der Waals surface area contributed by atoms with E-state index in [-0.39, 0.29) is 25.2 Å². The number of para-hydroxylation sites is 1. The first-order valence-electron chi connectivity index (χ1n) is 7.43. The zero-order chi connectivity index (χ0) is 18.7. The van der Waals surface area contributed by atoms with Gasteiger partial charge in [0.2, 0.25) is 0 Å². The molecule has 1 aromatic carbocycles. The van der Waals surface area contributed by atoms with Crippen molar-refractivity contribution in [3.63, 3.8) is 0 Å². The molecule has 0 radical (unpaired) electrons. The molecule has 0 saturated carbocycles. The van der Waals surface area contributed by atoms with Crippen LogP contribution in [0.3, 0.4) is 0 Å². The van der Waals surface area contributed by atoms with Crippen LogP contribution in [0.15, 0.2) is 29.2 Å². The molecule has 0 aliphatic carbocycles. The number of nitro groups is 1. The van der Waals surface area contributed by atoms with Gasteiger partial charge in [-0.05, 0) is 18.0 Å². The normalized spacial score (nSPS) is 11.8. The Morgan fingerprint density at radius 2 is 1.92 bits per heavy atom. The van der Waals surface area contributed by atoms with E-state index in [2.05, 4.69) is 15.4 Å². The highest BCUT2D eigenvalue weighted by Crippen LogP contribution is 2.26. The van der Waals surface area contributed by atoms with E-state index in [0.29, 0.717) is 18.0 Å². The predicted molar refractivity (Wildman–Crippen MR) is 91.5 cm³/mol. The molecule has 11 heteroatoms. The van der Waals surface area contributed by atoms with Gasteiger partial charge in [0.25, 0.3) is 5.69 Å². The highest BCUT2D eigenvalue weighted by molar-refractivity contribution is 7.97. The van der Waals surface area contributed by atoms with Crippen LogP contribution < -0.4 is 15.4 Å². The van der Waals surface area contributed by atoms with E-state index < -0.39 is 22.9 Å². The zero-order valence-corrected chi connectivity index (χ0v) is 14.1. The second kappa shape index (κ2) is 11.4. The number of hydrogen-bond acceptors (Lipinski definition) is 8. The van der Waals surface area contributed by atoms with Crippen molar-refractivity contribution in [2.45, 2.75) is 17.4 Å². The third kappa shape index (κ3) is 8.44. The largest absolute Gasteiger partial charge is 0.481 e. The number of carboxylic acids is 2. The molecule has 138 valence electrons. The first-order valence-corrected chi connectivity index (χ1v) is 8.25. The summed E-state index contributed by atoms with van der Waals surface area (Å²) in [6.45, 7) is 0.993. The monoisotopic (exact) mass is 372 g/mol. The third-order valence-corrected chi connectivity index (χ3v) is 3.94. The lowest BCUT2D eigenvalue weighted by molar-refractivity contribution is -0.387. The van der Waals surface area contributed by atoms with Crippen molar-refractivity contribution in [2.75, 3.05) is 26.2 Å². The second-order valence-corrected chi connectivity index (χ2v) is 5.85. The first kappa shape index (κ1) is 20.8. The summed E-state index contributed by atoms with van der Waals surface area (Å²) < 4.78 is 2.93. The topological polar surface area (TPSA) is 154 Å². The lowest BCUT2D eigenvalue weighted by Crippen LogP contribution is -2.46. The van der Waals surface area contributed by atoms with Crippen molar-refractivity contribution >= 4 is 29.6 Å². The molecule has 0 fully saturated rings. The molecule has 0 saturated heterocycles. The number of carbonyl (C=O) groups is 2. The van der Waals surface area contributed by atoms with Crippen LogP contribution in [0.5, 0.6) is 0 Å². The van der Waals surface area contributed by atoms with Crippen LogP contribution in [0.2, 0.25) is 0 Å². The van der Waals surface area contributed by atoms with E-state index in [0.717, 1.165) is 11.9 Å². The fraction of sp³-hybridized carbons (Fsp3) is 0.429. The number of rotatable bonds is 13. The molecule has 0 aromatic heterocycles. The molecule has 1 aromatic rings. The van der Waals surface area contributed by atoms with Gasteiger partial charge >= 0.3 is 11.9 Å². The summed E-state index contributed by atoms with van der Waals surface area (Å²) in [6.07, 6.45) is -0.0829. The Kier molecular flexibility index (Phi) is 9.47. The SMILES string of the molecule is O=C(O)CCNCC(NCCNSc1ccccc1[N+](=O)[O-])C(=O)O. The van der Waals surface area contributed by atoms with Crippen LogP contribution in [0, 0.1) is 10.1 Å². The predicted octanol–water partition coefficient (Wildman–Crippen LogP) is 0.299. The first-order chi connectivity index (χ1) is 11.9. The maximum Gasteiger partial charge on any atom is 0.322 e. The van der Waals surface area contributed by atoms with Crippen molar-refractivity contribution in [3.8, 4) is 0 Å². The number of nitrogens with one attached hydrogen (secondary N) is 3. The highest BCUT2D eigenvalue weighted by atomic mass is 32.2. The van der Waals surface area contributed by atoms with E-state index in [4.69, 9.17) is 10.2 Å². The molecule has 25 heavy (non-hydrogen) atoms. The van der Waals surface area contributed by atoms with E-state index in [1.54, 1.807) is 18.2 Å². The number of aliphatic carboxylic acids is 2. The summed E-state index contributed by atoms with van der Waals surface area (Å²) in [4.78, 5) is 32.4. The Morgan fingerprint density at radius 1 is 1.20 bits per heavy atom. The summed E-state index contributed by atoms with van der Waals surface area (Å²) in [5, 5.41) is 34.1. The molecule has 5 N–H and O–H groups in total. The average molecular weight is 372 g/mol. The number of carboxylic acid groups (broad SMARTS) is 2. The summed E-state index contributed by atoms with van der Waals surface area (Å²) in [6, 6.07) is 5.45. The van der Waals surface area contributed by atoms with Gasteiger partial charge in [-0.1, -0.05) is 12.1 Å². The minimum absolute atomic E-state index is 0.000924. The van der Waals surface area contributed by atoms with E-state index in [1.807, 2.05) is 0 Å². The molecule has 1 rings (SSSR count). The molecular formula is C14H20N4O6S. The fourth-order valence-electron chi connectivity index (χ4n) is 1.81. The Hall–Kier alpha value is -2.21. The molecule has 1 atom stereocenters. The smallest absolute Gasteiger partial charge is 0.322 e. The molecule has 0 spiro atoms. The average Bonchev–Trinajstić information content (AvgIpc) is 2.56. The maximum atomic E-state index is 11.1. The lowest BCUT2D eigenvalue weighted by Gasteiger charge is -2.15. The zero-order valence-electron chi connectivity index (χ0n) is 13.3.